The number of aliphatic carboxylic acids is 2. The molecule has 0 radical (unpaired) electrons. The summed E-state index contributed by atoms with van der Waals surface area (Å²) in [6.45, 7) is 13.0. The Balaban J connectivity index is 0.000000287. The molecule has 25 heteroatoms. The van der Waals surface area contributed by atoms with E-state index in [1.165, 1.54) is 24.3 Å². The predicted molar refractivity (Wildman–Crippen MR) is 269 cm³/mol. The fraction of sp³-hybridized carbons (Fsp3) is 0.320. The van der Waals surface area contributed by atoms with Crippen LogP contribution in [0.25, 0.3) is 22.5 Å². The maximum Gasteiger partial charge on any atom is 0.418 e. The first-order valence-electron chi connectivity index (χ1n) is 23.0. The van der Waals surface area contributed by atoms with E-state index in [2.05, 4.69) is 34.7 Å². The van der Waals surface area contributed by atoms with Gasteiger partial charge >= 0.3 is 24.3 Å². The van der Waals surface area contributed by atoms with Gasteiger partial charge < -0.3 is 20.4 Å². The minimum atomic E-state index is -4.71. The van der Waals surface area contributed by atoms with Crippen LogP contribution in [-0.4, -0.2) is 85.1 Å². The average Bonchev–Trinajstić information content (AvgIpc) is 3.33. The molecular formula is C50H55F7N8O8S2. The molecule has 5 N–H and O–H groups in total. The number of carboxylic acid groups (broad SMARTS) is 2. The summed E-state index contributed by atoms with van der Waals surface area (Å²) in [6, 6.07) is 23.8. The third-order valence-electron chi connectivity index (χ3n) is 10.6. The van der Waals surface area contributed by atoms with Crippen LogP contribution in [0.3, 0.4) is 0 Å². The number of rotatable bonds is 19. The Kier molecular flexibility index (Phi) is 21.1. The third-order valence-corrected chi connectivity index (χ3v) is 13.1. The number of sulfonamides is 2. The van der Waals surface area contributed by atoms with Crippen molar-refractivity contribution in [2.75, 3.05) is 40.5 Å². The third kappa shape index (κ3) is 17.4. The van der Waals surface area contributed by atoms with Gasteiger partial charge in [0, 0.05) is 30.8 Å². The molecule has 0 atom stereocenters. The summed E-state index contributed by atoms with van der Waals surface area (Å²) in [6.07, 6.45) is -9.36. The molecule has 6 rings (SSSR count). The first-order valence-corrected chi connectivity index (χ1v) is 26.0. The number of aromatic nitrogens is 4. The van der Waals surface area contributed by atoms with Crippen LogP contribution in [0, 0.1) is 5.95 Å². The smallest absolute Gasteiger partial charge is 0.418 e. The molecule has 75 heavy (non-hydrogen) atoms. The van der Waals surface area contributed by atoms with Gasteiger partial charge in [-0.05, 0) is 85.0 Å². The zero-order valence-corrected chi connectivity index (χ0v) is 43.0. The van der Waals surface area contributed by atoms with E-state index in [-0.39, 0.29) is 70.5 Å². The molecule has 2 aromatic carbocycles. The first-order chi connectivity index (χ1) is 35.1. The molecule has 0 unspecified atom stereocenters. The second kappa shape index (κ2) is 26.3. The van der Waals surface area contributed by atoms with Crippen molar-refractivity contribution in [2.24, 2.45) is 0 Å². The molecule has 0 bridgehead atoms. The molecule has 0 amide bonds. The number of nitrogens with one attached hydrogen (secondary N) is 3. The molecule has 4 aromatic heterocycles. The van der Waals surface area contributed by atoms with Crippen molar-refractivity contribution in [3.8, 4) is 22.5 Å². The summed E-state index contributed by atoms with van der Waals surface area (Å²) in [7, 11) is -8.68. The predicted octanol–water partition coefficient (Wildman–Crippen LogP) is 10.7. The minimum absolute atomic E-state index is 0.0964. The minimum Gasteiger partial charge on any atom is -0.481 e. The lowest BCUT2D eigenvalue weighted by Crippen LogP contribution is -2.27. The van der Waals surface area contributed by atoms with Crippen LogP contribution < -0.4 is 19.7 Å². The summed E-state index contributed by atoms with van der Waals surface area (Å²) in [4.78, 5) is 37.8. The van der Waals surface area contributed by atoms with Gasteiger partial charge in [0.25, 0.3) is 20.0 Å². The molecule has 6 aromatic rings. The zero-order valence-electron chi connectivity index (χ0n) is 41.3. The van der Waals surface area contributed by atoms with Crippen LogP contribution in [0.4, 0.5) is 48.2 Å². The van der Waals surface area contributed by atoms with Crippen LogP contribution in [-0.2, 0) is 42.0 Å². The van der Waals surface area contributed by atoms with Crippen LogP contribution >= 0.6 is 0 Å². The molecule has 0 fully saturated rings. The number of halogens is 7. The Bertz CT molecular complexity index is 3140. The number of hydrogen-bond acceptors (Lipinski definition) is 12. The van der Waals surface area contributed by atoms with Crippen molar-refractivity contribution in [1.29, 1.82) is 0 Å². The molecule has 16 nitrogen and oxygen atoms in total. The van der Waals surface area contributed by atoms with Crippen molar-refractivity contribution >= 4 is 49.4 Å². The number of anilines is 3. The summed E-state index contributed by atoms with van der Waals surface area (Å²) in [5, 5.41) is 18.9. The second-order valence-electron chi connectivity index (χ2n) is 16.7. The monoisotopic (exact) mass is 1090 g/mol. The van der Waals surface area contributed by atoms with E-state index in [0.717, 1.165) is 49.0 Å². The van der Waals surface area contributed by atoms with Crippen LogP contribution in [0.2, 0.25) is 0 Å². The number of carbonyl (C=O) groups is 2. The summed E-state index contributed by atoms with van der Waals surface area (Å²) in [5.74, 6) is -3.36. The molecule has 4 heterocycles. The van der Waals surface area contributed by atoms with Crippen molar-refractivity contribution in [3.05, 3.63) is 137 Å². The average molecular weight is 1090 g/mol. The molecule has 0 saturated heterocycles. The van der Waals surface area contributed by atoms with Crippen LogP contribution in [0.1, 0.15) is 88.5 Å². The van der Waals surface area contributed by atoms with E-state index in [1.54, 1.807) is 54.3 Å². The first kappa shape index (κ1) is 60.3. The lowest BCUT2D eigenvalue weighted by atomic mass is 9.93. The number of benzene rings is 2. The Morgan fingerprint density at radius 2 is 1.03 bits per heavy atom. The molecule has 404 valence electrons. The summed E-state index contributed by atoms with van der Waals surface area (Å²) in [5.41, 5.74) is -1.02. The molecule has 0 spiro atoms. The van der Waals surface area contributed by atoms with Gasteiger partial charge in [-0.2, -0.15) is 47.6 Å². The van der Waals surface area contributed by atoms with Crippen LogP contribution in [0.5, 0.6) is 0 Å². The Morgan fingerprint density at radius 1 is 0.587 bits per heavy atom. The van der Waals surface area contributed by atoms with E-state index in [4.69, 9.17) is 10.2 Å². The number of pyridine rings is 4. The van der Waals surface area contributed by atoms with Crippen molar-refractivity contribution < 1.29 is 67.4 Å². The van der Waals surface area contributed by atoms with Gasteiger partial charge in [0.15, 0.2) is 10.1 Å². The van der Waals surface area contributed by atoms with Gasteiger partial charge in [-0.3, -0.25) is 19.0 Å². The zero-order chi connectivity index (χ0) is 55.9. The van der Waals surface area contributed by atoms with Crippen molar-refractivity contribution in [2.45, 2.75) is 88.6 Å². The van der Waals surface area contributed by atoms with Gasteiger partial charge in [-0.1, -0.05) is 95.3 Å². The fourth-order valence-electron chi connectivity index (χ4n) is 7.02. The maximum absolute atomic E-state index is 13.8. The highest BCUT2D eigenvalue weighted by Gasteiger charge is 2.37. The molecule has 0 aliphatic heterocycles. The lowest BCUT2D eigenvalue weighted by Gasteiger charge is -2.21. The standard InChI is InChI=1S/C25H27F3N4O4S.C20H17F4N3O2S.C5H11NO2/c1-4-32(15-14-23(33)34)21-10-7-11-22(30-21)37(35,36)31-20-13-12-19(25(26,27)28)24(29-20)18-9-6-5-8-17(18)16(2)3;1-12(2)13-6-3-4-7-14(13)19-15(20(22,23)24)10-11-17(26-19)27-30(28,29)18-9-5-8-16(21)25-18;1-2-6-4-3-5(7)8/h5-13,16H,4,14-15H2,1-3H3,(H,29,31)(H,33,34);3-12H,1-2H3,(H,26,27);6H,2-4H2,1H3,(H,7,8). The van der Waals surface area contributed by atoms with E-state index >= 15 is 0 Å². The fourth-order valence-corrected chi connectivity index (χ4v) is 8.94. The number of nitrogens with zero attached hydrogens (tertiary/aromatic N) is 5. The highest BCUT2D eigenvalue weighted by atomic mass is 32.2. The number of carboxylic acids is 2. The lowest BCUT2D eigenvalue weighted by molar-refractivity contribution is -0.138. The highest BCUT2D eigenvalue weighted by Crippen LogP contribution is 2.41. The van der Waals surface area contributed by atoms with Crippen molar-refractivity contribution in [3.63, 3.8) is 0 Å². The SMILES string of the molecule is CC(C)c1ccccc1-c1nc(NS(=O)(=O)c2cccc(F)n2)ccc1C(F)(F)F.CCN(CCC(=O)O)c1cccc(S(=O)(=O)Nc2ccc(C(F)(F)F)c(-c3ccccc3C(C)C)n2)n1.CCNCCC(=O)O. The van der Waals surface area contributed by atoms with E-state index in [9.17, 15) is 57.2 Å². The van der Waals surface area contributed by atoms with Gasteiger partial charge in [0.1, 0.15) is 17.5 Å². The van der Waals surface area contributed by atoms with Gasteiger partial charge in [0.05, 0.1) is 35.4 Å². The molecule has 0 saturated carbocycles. The molecule has 0 aliphatic rings. The Morgan fingerprint density at radius 3 is 1.43 bits per heavy atom. The summed E-state index contributed by atoms with van der Waals surface area (Å²) >= 11 is 0. The normalized spacial score (nSPS) is 11.8. The second-order valence-corrected chi connectivity index (χ2v) is 20.0. The molecule has 0 aliphatic carbocycles. The quantitative estimate of drug-likeness (QED) is 0.0288. The van der Waals surface area contributed by atoms with Gasteiger partial charge in [-0.15, -0.1) is 0 Å². The summed E-state index contributed by atoms with van der Waals surface area (Å²) < 4.78 is 151. The van der Waals surface area contributed by atoms with E-state index < -0.39 is 72.1 Å². The van der Waals surface area contributed by atoms with Crippen molar-refractivity contribution in [1.82, 2.24) is 25.3 Å². The Hall–Kier alpha value is -7.25. The van der Waals surface area contributed by atoms with Gasteiger partial charge in [0.2, 0.25) is 5.95 Å². The largest absolute Gasteiger partial charge is 0.481 e. The Labute approximate surface area is 429 Å². The molecular weight excluding hydrogens is 1040 g/mol. The van der Waals surface area contributed by atoms with E-state index in [0.29, 0.717) is 24.2 Å². The highest BCUT2D eigenvalue weighted by molar-refractivity contribution is 7.93. The number of hydrogen-bond donors (Lipinski definition) is 5. The topological polar surface area (TPSA) is 234 Å². The number of alkyl halides is 6. The van der Waals surface area contributed by atoms with Gasteiger partial charge in [-0.25, -0.2) is 19.9 Å². The van der Waals surface area contributed by atoms with Crippen LogP contribution in [0.15, 0.2) is 119 Å². The maximum atomic E-state index is 13.8. The van der Waals surface area contributed by atoms with E-state index in [1.807, 2.05) is 34.6 Å².